The van der Waals surface area contributed by atoms with E-state index < -0.39 is 35.6 Å². The van der Waals surface area contributed by atoms with Gasteiger partial charge in [-0.25, -0.2) is 8.42 Å². The van der Waals surface area contributed by atoms with Crippen molar-refractivity contribution in [2.75, 3.05) is 46.9 Å². The van der Waals surface area contributed by atoms with Crippen molar-refractivity contribution in [1.29, 1.82) is 0 Å². The molecule has 0 aliphatic heterocycles. The van der Waals surface area contributed by atoms with Gasteiger partial charge in [-0.1, -0.05) is 187 Å². The number of halogens is 2. The van der Waals surface area contributed by atoms with Crippen molar-refractivity contribution < 1.29 is 59.0 Å². The minimum Gasteiger partial charge on any atom is 0 e. The van der Waals surface area contributed by atoms with Crippen LogP contribution in [0.3, 0.4) is 0 Å². The van der Waals surface area contributed by atoms with Gasteiger partial charge in [0.05, 0.1) is 44.6 Å². The molecule has 16 heteroatoms. The molecule has 1 unspecified atom stereocenters. The normalized spacial score (nSPS) is 15.7. The fourth-order valence-corrected chi connectivity index (χ4v) is 16.3. The van der Waals surface area contributed by atoms with Crippen molar-refractivity contribution >= 4 is 50.6 Å². The van der Waals surface area contributed by atoms with Crippen LogP contribution in [0.2, 0.25) is 0 Å². The van der Waals surface area contributed by atoms with E-state index in [1.165, 1.54) is 44.1 Å². The van der Waals surface area contributed by atoms with Crippen molar-refractivity contribution in [3.8, 4) is 5.75 Å². The number of fused-ring (bicyclic) bond motifs is 2. The molecule has 0 bridgehead atoms. The van der Waals surface area contributed by atoms with Gasteiger partial charge in [-0.15, -0.1) is 5.56 Å². The molecule has 0 fully saturated rings. The van der Waals surface area contributed by atoms with Crippen molar-refractivity contribution in [1.82, 2.24) is 5.32 Å². The summed E-state index contributed by atoms with van der Waals surface area (Å²) in [6, 6.07) is 63.4. The molecule has 5 N–H and O–H groups in total. The van der Waals surface area contributed by atoms with E-state index >= 15 is 0 Å². The Morgan fingerprint density at radius 3 is 1.90 bits per heavy atom. The fraction of sp³-hybridized carbons (Fsp3) is 0.347. The summed E-state index contributed by atoms with van der Waals surface area (Å²) in [5, 5.41) is 14.5. The van der Waals surface area contributed by atoms with E-state index in [2.05, 4.69) is 130 Å². The van der Waals surface area contributed by atoms with E-state index in [9.17, 15) is 13.5 Å². The molecule has 6 atom stereocenters. The Morgan fingerprint density at radius 1 is 0.747 bits per heavy atom. The predicted molar refractivity (Wildman–Crippen MR) is 385 cm³/mol. The van der Waals surface area contributed by atoms with E-state index in [0.29, 0.717) is 31.2 Å². The average Bonchev–Trinajstić information content (AvgIpc) is 0.778. The van der Waals surface area contributed by atoms with Crippen LogP contribution in [0, 0.1) is 33.3 Å². The number of methoxy groups -OCH3 is 1. The van der Waals surface area contributed by atoms with Gasteiger partial charge in [0, 0.05) is 58.2 Å². The molecule has 0 aromatic heterocycles. The maximum absolute atomic E-state index is 13.4. The maximum atomic E-state index is 13.4. The van der Waals surface area contributed by atoms with Gasteiger partial charge in [-0.05, 0) is 136 Å². The van der Waals surface area contributed by atoms with Crippen LogP contribution in [0.5, 0.6) is 5.75 Å². The van der Waals surface area contributed by atoms with Gasteiger partial charge in [0.25, 0.3) is 0 Å². The maximum Gasteiger partial charge on any atom is 0 e. The van der Waals surface area contributed by atoms with Crippen LogP contribution in [-0.4, -0.2) is 72.1 Å². The third kappa shape index (κ3) is 21.2. The first kappa shape index (κ1) is 77.7. The van der Waals surface area contributed by atoms with Gasteiger partial charge in [0.2, 0.25) is 0 Å². The first-order chi connectivity index (χ1) is 43.4. The molecule has 2 aliphatic carbocycles. The Labute approximate surface area is 578 Å². The number of ether oxygens (including phenoxy) is 2. The molecular formula is C75H96Cl2N4O5P2Ru2S+4. The van der Waals surface area contributed by atoms with Crippen molar-refractivity contribution in [3.63, 3.8) is 0 Å². The number of sulfonamides is 1. The molecule has 9 nitrogen and oxygen atoms in total. The van der Waals surface area contributed by atoms with E-state index in [1.54, 1.807) is 70.6 Å². The first-order valence-corrected chi connectivity index (χ1v) is 41.8. The number of nitrogens with two attached hydrogens (primary N) is 1. The Hall–Kier alpha value is -4.04. The molecule has 0 spiro atoms. The van der Waals surface area contributed by atoms with Gasteiger partial charge >= 0.3 is 54.0 Å². The first-order valence-electron chi connectivity index (χ1n) is 30.8. The number of nitrogens with zero attached hydrogens (tertiary/aromatic N) is 1. The van der Waals surface area contributed by atoms with Gasteiger partial charge in [-0.2, -0.15) is 29.8 Å². The third-order valence-corrected chi connectivity index (χ3v) is 22.1. The minimum atomic E-state index is -3.90. The smallest absolute Gasteiger partial charge is 0 e. The Morgan fingerprint density at radius 2 is 1.33 bits per heavy atom. The van der Waals surface area contributed by atoms with Crippen molar-refractivity contribution in [3.05, 3.63) is 284 Å². The van der Waals surface area contributed by atoms with Crippen LogP contribution in [0.25, 0.3) is 10.5 Å². The van der Waals surface area contributed by atoms with Crippen LogP contribution in [-0.2, 0) is 87.4 Å². The van der Waals surface area contributed by atoms with Crippen LogP contribution in [0.15, 0.2) is 193 Å². The van der Waals surface area contributed by atoms with Crippen molar-refractivity contribution in [2.45, 2.75) is 120 Å². The second-order valence-electron chi connectivity index (χ2n) is 24.0. The summed E-state index contributed by atoms with van der Waals surface area (Å²) < 4.78 is 42.4. The summed E-state index contributed by atoms with van der Waals surface area (Å²) in [5.41, 5.74) is 31.2. The molecule has 0 saturated heterocycles. The van der Waals surface area contributed by atoms with Crippen LogP contribution < -0.4 is 21.1 Å². The topological polar surface area (TPSA) is 149 Å². The monoisotopic (exact) mass is 1500 g/mol. The second kappa shape index (κ2) is 39.1. The van der Waals surface area contributed by atoms with E-state index in [4.69, 9.17) is 20.9 Å². The summed E-state index contributed by atoms with van der Waals surface area (Å²) in [6.45, 7) is 19.6. The molecule has 8 aromatic rings. The average molecular weight is 1500 g/mol. The van der Waals surface area contributed by atoms with Gasteiger partial charge in [0.1, 0.15) is 15.8 Å². The molecule has 0 amide bonds. The van der Waals surface area contributed by atoms with E-state index in [1.807, 2.05) is 152 Å². The number of hydrogen-bond acceptors (Lipinski definition) is 7. The summed E-state index contributed by atoms with van der Waals surface area (Å²) >= 11 is 3.64. The van der Waals surface area contributed by atoms with E-state index in [-0.39, 0.29) is 40.2 Å². The predicted octanol–water partition coefficient (Wildman–Crippen LogP) is 17.6. The zero-order valence-electron chi connectivity index (χ0n) is 54.4. The standard InChI is InChI=1S/C31H33N2O3S.C24H32P2.C19H24N2O2.CH3.2ClH.2Ru.H2/c1-24-13-17-26(18-14-24)23-36-22-21-32-30(27-9-5-3-6-10-27)31(28-11-7-4-8-12-28)33-37(34,35)29-19-15-25(2)16-20-29;1-25(2)21-15-13-17-9-5-7-11-19(17)23(21)24-20-12-8-6-10-18(20)14-16-22(24)26(3)4;1-13(2)18(20)19(21,15-6-4-14(12-22)5-7-15)16-8-10-17(23-3)11-9-16;;;;;;/h3-20,30-32H,21-23H2,1-2H3;5,7,9,11,14,16,21,23H,6,8,10,12-13,15H2,1-4H3;4-6,8-11,13,18,21-22H,12,20H2,1-3H3;1H3;2*1H;;;1H/q-1;;-2;-1;;;2*+4;/t30-,31-;21-,23+;18-,19?;;;;;;/m111....../s1. The molecule has 0 radical (unpaired) electrons. The SMILES string of the molecule is COc1ccc(C([NH-])(c2[c-]cc(CO)cc2)[C@H](N)C(C)C)cc1.C[PH+](C)c1ccc2c(c1[C@H]1c3ccccc3CC[C@H]1[PH+](C)C)CCCC2.Cc1ccc(COCCN[C@H](c2ccccc2)[C@H]([N-]S(=O)(=O)c2ccc(C)cc2)c2ccccc2)cc1.[CH3-].[Cl][Ru+3].[Cl][Ru+3].[HH]. The number of benzene rings is 8. The molecular weight excluding hydrogens is 1400 g/mol. The zero-order chi connectivity index (χ0) is 65.4. The van der Waals surface area contributed by atoms with Crippen molar-refractivity contribution in [2.24, 2.45) is 11.7 Å². The Balaban J connectivity index is 0.000000292. The number of rotatable bonds is 21. The van der Waals surface area contributed by atoms with Gasteiger partial charge in [0.15, 0.2) is 0 Å². The number of aliphatic hydroxyl groups is 1. The Kier molecular flexibility index (Phi) is 33.4. The molecule has 0 heterocycles. The summed E-state index contributed by atoms with van der Waals surface area (Å²) in [4.78, 5) is 0.187. The number of aliphatic hydroxyl groups excluding tert-OH is 1. The third-order valence-electron chi connectivity index (χ3n) is 17.1. The largest absolute Gasteiger partial charge is 0 e. The zero-order valence-corrected chi connectivity index (χ0v) is 62.2. The van der Waals surface area contributed by atoms with Crippen LogP contribution >= 0.6 is 35.2 Å². The molecule has 2 aliphatic rings. The molecule has 488 valence electrons. The minimum absolute atomic E-state index is 0. The molecule has 10 rings (SSSR count). The van der Waals surface area contributed by atoms with Crippen LogP contribution in [0.4, 0.5) is 0 Å². The quantitative estimate of drug-likeness (QED) is 0.0281. The molecule has 8 aromatic carbocycles. The summed E-state index contributed by atoms with van der Waals surface area (Å²) in [5.74, 6) is 1.53. The fourth-order valence-electron chi connectivity index (χ4n) is 12.2. The second-order valence-corrected chi connectivity index (χ2v) is 31.0. The number of nitrogens with one attached hydrogen (secondary N) is 2. The van der Waals surface area contributed by atoms with Crippen LogP contribution in [0.1, 0.15) is 125 Å². The van der Waals surface area contributed by atoms with Gasteiger partial charge in [-0.3, -0.25) is 0 Å². The molecule has 91 heavy (non-hydrogen) atoms. The molecule has 0 saturated carbocycles. The number of aryl methyl sites for hydroxylation is 4. The Bertz CT molecular complexity index is 3460. The summed E-state index contributed by atoms with van der Waals surface area (Å²) in [7, 11) is 6.06. The van der Waals surface area contributed by atoms with E-state index in [0.717, 1.165) is 44.8 Å². The van der Waals surface area contributed by atoms with Gasteiger partial charge < -0.3 is 43.5 Å². The number of hydrogen-bond donors (Lipinski definition) is 3. The summed E-state index contributed by atoms with van der Waals surface area (Å²) in [6.07, 6.45) is 8.05.